The lowest BCUT2D eigenvalue weighted by Crippen LogP contribution is -2.19. The third kappa shape index (κ3) is 1.50. The average molecular weight is 297 g/mol. The number of hydrogen-bond acceptors (Lipinski definition) is 4. The number of Topliss-reactive ketones (excluding diaryl/α,β-unsaturated/α-hetero) is 2. The molecule has 0 spiro atoms. The number of allylic oxidation sites excluding steroid dienone is 2. The SMILES string of the molecule is CC1=C(Br)C(=O)c2c(cc(O)c(C)c2O)C1=O. The zero-order valence-electron chi connectivity index (χ0n) is 9.17. The normalized spacial score (nSPS) is 15.2. The van der Waals surface area contributed by atoms with E-state index in [1.165, 1.54) is 19.9 Å². The zero-order valence-corrected chi connectivity index (χ0v) is 10.8. The standard InChI is InChI=1S/C12H9BrO4/c1-4-7(14)3-6-8(11(4)16)12(17)9(13)5(2)10(6)15/h3,14,16H,1-2H3. The van der Waals surface area contributed by atoms with Crippen molar-refractivity contribution in [3.05, 3.63) is 32.8 Å². The molecule has 0 fully saturated rings. The summed E-state index contributed by atoms with van der Waals surface area (Å²) in [4.78, 5) is 23.9. The number of benzene rings is 1. The third-order valence-corrected chi connectivity index (χ3v) is 3.82. The Morgan fingerprint density at radius 3 is 2.29 bits per heavy atom. The highest BCUT2D eigenvalue weighted by Crippen LogP contribution is 2.39. The average Bonchev–Trinajstić information content (AvgIpc) is 2.30. The number of rotatable bonds is 0. The van der Waals surface area contributed by atoms with Crippen molar-refractivity contribution in [1.82, 2.24) is 0 Å². The lowest BCUT2D eigenvalue weighted by atomic mass is 9.88. The minimum atomic E-state index is -0.447. The smallest absolute Gasteiger partial charge is 0.204 e. The molecule has 88 valence electrons. The van der Waals surface area contributed by atoms with E-state index in [0.717, 1.165) is 0 Å². The second-order valence-electron chi connectivity index (χ2n) is 3.89. The van der Waals surface area contributed by atoms with Gasteiger partial charge in [0, 0.05) is 16.7 Å². The highest BCUT2D eigenvalue weighted by Gasteiger charge is 2.32. The largest absolute Gasteiger partial charge is 0.508 e. The van der Waals surface area contributed by atoms with Crippen LogP contribution in [0.3, 0.4) is 0 Å². The molecular formula is C12H9BrO4. The molecule has 5 heteroatoms. The van der Waals surface area contributed by atoms with E-state index in [0.29, 0.717) is 0 Å². The molecule has 17 heavy (non-hydrogen) atoms. The first-order valence-electron chi connectivity index (χ1n) is 4.87. The molecule has 1 aromatic carbocycles. The maximum atomic E-state index is 12.0. The highest BCUT2D eigenvalue weighted by atomic mass is 79.9. The van der Waals surface area contributed by atoms with Crippen LogP contribution in [0, 0.1) is 6.92 Å². The van der Waals surface area contributed by atoms with Crippen LogP contribution >= 0.6 is 15.9 Å². The Morgan fingerprint density at radius 1 is 1.12 bits per heavy atom. The first-order chi connectivity index (χ1) is 7.86. The molecule has 1 aromatic rings. The van der Waals surface area contributed by atoms with Gasteiger partial charge < -0.3 is 10.2 Å². The summed E-state index contributed by atoms with van der Waals surface area (Å²) in [5.74, 6) is -1.37. The van der Waals surface area contributed by atoms with E-state index in [1.54, 1.807) is 0 Å². The number of phenols is 2. The molecule has 0 heterocycles. The van der Waals surface area contributed by atoms with E-state index < -0.39 is 5.78 Å². The minimum absolute atomic E-state index is 0.0382. The van der Waals surface area contributed by atoms with Crippen LogP contribution in [0.15, 0.2) is 16.1 Å². The summed E-state index contributed by atoms with van der Waals surface area (Å²) in [7, 11) is 0. The van der Waals surface area contributed by atoms with Crippen LogP contribution in [0.2, 0.25) is 0 Å². The molecule has 0 unspecified atom stereocenters. The van der Waals surface area contributed by atoms with E-state index in [4.69, 9.17) is 0 Å². The molecule has 2 N–H and O–H groups in total. The van der Waals surface area contributed by atoms with Crippen molar-refractivity contribution in [2.75, 3.05) is 0 Å². The summed E-state index contributed by atoms with van der Waals surface area (Å²) in [5, 5.41) is 19.4. The monoisotopic (exact) mass is 296 g/mol. The molecule has 0 saturated carbocycles. The lowest BCUT2D eigenvalue weighted by molar-refractivity contribution is 0.0979. The molecule has 1 aliphatic carbocycles. The second-order valence-corrected chi connectivity index (χ2v) is 4.68. The Morgan fingerprint density at radius 2 is 1.71 bits per heavy atom. The van der Waals surface area contributed by atoms with Gasteiger partial charge in [0.05, 0.1) is 10.0 Å². The number of halogens is 1. The highest BCUT2D eigenvalue weighted by molar-refractivity contribution is 9.12. The number of phenolic OH excluding ortho intramolecular Hbond substituents is 2. The van der Waals surface area contributed by atoms with Gasteiger partial charge in [-0.2, -0.15) is 0 Å². The number of aromatic hydroxyl groups is 2. The van der Waals surface area contributed by atoms with E-state index in [9.17, 15) is 19.8 Å². The maximum Gasteiger partial charge on any atom is 0.204 e. The van der Waals surface area contributed by atoms with Gasteiger partial charge in [0.1, 0.15) is 11.5 Å². The topological polar surface area (TPSA) is 74.6 Å². The predicted molar refractivity (Wildman–Crippen MR) is 64.8 cm³/mol. The molecule has 0 saturated heterocycles. The minimum Gasteiger partial charge on any atom is -0.508 e. The Kier molecular flexibility index (Phi) is 2.58. The lowest BCUT2D eigenvalue weighted by Gasteiger charge is -2.18. The summed E-state index contributed by atoms with van der Waals surface area (Å²) >= 11 is 3.04. The predicted octanol–water partition coefficient (Wildman–Crippen LogP) is 2.45. The molecular weight excluding hydrogens is 288 g/mol. The van der Waals surface area contributed by atoms with Crippen LogP contribution in [0.25, 0.3) is 0 Å². The van der Waals surface area contributed by atoms with E-state index in [1.807, 2.05) is 0 Å². The van der Waals surface area contributed by atoms with Gasteiger partial charge in [-0.1, -0.05) is 0 Å². The Labute approximate surface area is 106 Å². The number of carbonyl (C=O) groups is 2. The van der Waals surface area contributed by atoms with Crippen LogP contribution in [0.4, 0.5) is 0 Å². The Bertz CT molecular complexity index is 599. The maximum absolute atomic E-state index is 12.0. The molecule has 4 nitrogen and oxygen atoms in total. The molecule has 0 amide bonds. The fourth-order valence-corrected chi connectivity index (χ4v) is 2.12. The third-order valence-electron chi connectivity index (χ3n) is 2.87. The molecule has 1 aliphatic rings. The summed E-state index contributed by atoms with van der Waals surface area (Å²) in [6.07, 6.45) is 0. The molecule has 0 aliphatic heterocycles. The van der Waals surface area contributed by atoms with Crippen LogP contribution in [-0.4, -0.2) is 21.8 Å². The van der Waals surface area contributed by atoms with Crippen molar-refractivity contribution in [2.24, 2.45) is 0 Å². The fourth-order valence-electron chi connectivity index (χ4n) is 1.74. The van der Waals surface area contributed by atoms with Crippen LogP contribution in [0.5, 0.6) is 11.5 Å². The van der Waals surface area contributed by atoms with Crippen molar-refractivity contribution in [2.45, 2.75) is 13.8 Å². The van der Waals surface area contributed by atoms with Crippen molar-refractivity contribution < 1.29 is 19.8 Å². The zero-order chi connectivity index (χ0) is 12.9. The van der Waals surface area contributed by atoms with Gasteiger partial charge in [-0.15, -0.1) is 0 Å². The van der Waals surface area contributed by atoms with E-state index >= 15 is 0 Å². The van der Waals surface area contributed by atoms with Gasteiger partial charge in [-0.05, 0) is 35.8 Å². The van der Waals surface area contributed by atoms with Crippen molar-refractivity contribution in [1.29, 1.82) is 0 Å². The first-order valence-corrected chi connectivity index (χ1v) is 5.66. The van der Waals surface area contributed by atoms with Gasteiger partial charge in [0.25, 0.3) is 0 Å². The van der Waals surface area contributed by atoms with E-state index in [2.05, 4.69) is 15.9 Å². The van der Waals surface area contributed by atoms with Gasteiger partial charge >= 0.3 is 0 Å². The quantitative estimate of drug-likeness (QED) is 0.771. The van der Waals surface area contributed by atoms with Crippen molar-refractivity contribution >= 4 is 27.5 Å². The van der Waals surface area contributed by atoms with Crippen molar-refractivity contribution in [3.63, 3.8) is 0 Å². The number of carbonyl (C=O) groups excluding carboxylic acids is 2. The summed E-state index contributed by atoms with van der Waals surface area (Å²) in [5.41, 5.74) is 0.439. The van der Waals surface area contributed by atoms with Crippen LogP contribution in [0.1, 0.15) is 33.2 Å². The molecule has 0 aromatic heterocycles. The summed E-state index contributed by atoms with van der Waals surface area (Å²) in [6.45, 7) is 2.99. The summed E-state index contributed by atoms with van der Waals surface area (Å²) < 4.78 is 0.149. The van der Waals surface area contributed by atoms with Gasteiger partial charge in [0.2, 0.25) is 5.78 Å². The number of ketones is 2. The van der Waals surface area contributed by atoms with Crippen LogP contribution in [-0.2, 0) is 0 Å². The number of fused-ring (bicyclic) bond motifs is 1. The summed E-state index contributed by atoms with van der Waals surface area (Å²) in [6, 6.07) is 1.22. The van der Waals surface area contributed by atoms with Gasteiger partial charge in [-0.25, -0.2) is 0 Å². The molecule has 2 rings (SSSR count). The second kappa shape index (κ2) is 3.70. The Hall–Kier alpha value is -1.62. The van der Waals surface area contributed by atoms with Gasteiger partial charge in [0.15, 0.2) is 5.78 Å². The van der Waals surface area contributed by atoms with E-state index in [-0.39, 0.29) is 44.0 Å². The van der Waals surface area contributed by atoms with Gasteiger partial charge in [-0.3, -0.25) is 9.59 Å². The molecule has 0 atom stereocenters. The first kappa shape index (κ1) is 11.9. The molecule has 0 bridgehead atoms. The van der Waals surface area contributed by atoms with Crippen molar-refractivity contribution in [3.8, 4) is 11.5 Å². The fraction of sp³-hybridized carbons (Fsp3) is 0.167. The Balaban J connectivity index is 2.86. The molecule has 0 radical (unpaired) electrons. The number of hydrogen-bond donors (Lipinski definition) is 2. The van der Waals surface area contributed by atoms with Crippen LogP contribution < -0.4 is 0 Å².